The zero-order chi connectivity index (χ0) is 25.8. The van der Waals surface area contributed by atoms with Gasteiger partial charge in [0, 0.05) is 6.42 Å². The van der Waals surface area contributed by atoms with Crippen molar-refractivity contribution in [1.82, 2.24) is 9.62 Å². The van der Waals surface area contributed by atoms with Crippen LogP contribution in [-0.4, -0.2) is 71.6 Å². The Labute approximate surface area is 201 Å². The highest BCUT2D eigenvalue weighted by molar-refractivity contribution is 7.90. The summed E-state index contributed by atoms with van der Waals surface area (Å²) in [6, 6.07) is 4.22. The van der Waals surface area contributed by atoms with Gasteiger partial charge in [-0.1, -0.05) is 42.5 Å². The van der Waals surface area contributed by atoms with E-state index in [1.165, 1.54) is 12.2 Å². The van der Waals surface area contributed by atoms with Crippen LogP contribution in [0.4, 0.5) is 17.6 Å². The summed E-state index contributed by atoms with van der Waals surface area (Å²) in [6.07, 6.45) is 0.967. The Morgan fingerprint density at radius 1 is 1.20 bits per heavy atom. The topological polar surface area (TPSA) is 86.7 Å². The number of aliphatic hydroxyl groups is 1. The van der Waals surface area contributed by atoms with Crippen LogP contribution >= 0.6 is 0 Å². The highest BCUT2D eigenvalue weighted by Crippen LogP contribution is 2.44. The predicted octanol–water partition coefficient (Wildman–Crippen LogP) is 3.14. The Morgan fingerprint density at radius 3 is 2.40 bits per heavy atom. The van der Waals surface area contributed by atoms with Crippen LogP contribution in [0.25, 0.3) is 5.57 Å². The number of likely N-dealkylation sites (tertiary alicyclic amines) is 1. The van der Waals surface area contributed by atoms with Crippen LogP contribution in [0.5, 0.6) is 0 Å². The van der Waals surface area contributed by atoms with Gasteiger partial charge in [0.2, 0.25) is 10.0 Å². The van der Waals surface area contributed by atoms with Crippen LogP contribution in [0.15, 0.2) is 48.6 Å². The first-order chi connectivity index (χ1) is 16.2. The van der Waals surface area contributed by atoms with Crippen LogP contribution in [-0.2, 0) is 14.8 Å². The maximum absolute atomic E-state index is 16.2. The number of hydrogen-bond donors (Lipinski definition) is 2. The van der Waals surface area contributed by atoms with Gasteiger partial charge in [0.05, 0.1) is 17.8 Å². The molecule has 35 heavy (non-hydrogen) atoms. The van der Waals surface area contributed by atoms with Gasteiger partial charge in [-0.2, -0.15) is 0 Å². The molecule has 0 radical (unpaired) electrons. The minimum absolute atomic E-state index is 0.00386. The number of alkyl halides is 4. The van der Waals surface area contributed by atoms with Gasteiger partial charge in [-0.25, -0.2) is 30.7 Å². The minimum atomic E-state index is -4.16. The van der Waals surface area contributed by atoms with E-state index in [0.29, 0.717) is 23.3 Å². The highest BCUT2D eigenvalue weighted by Gasteiger charge is 2.61. The van der Waals surface area contributed by atoms with Crippen LogP contribution in [0, 0.1) is 0 Å². The fourth-order valence-electron chi connectivity index (χ4n) is 4.63. The molecule has 1 aromatic rings. The van der Waals surface area contributed by atoms with Gasteiger partial charge in [-0.05, 0) is 43.9 Å². The van der Waals surface area contributed by atoms with Crippen molar-refractivity contribution < 1.29 is 35.9 Å². The Kier molecular flexibility index (Phi) is 6.43. The average Bonchev–Trinajstić information content (AvgIpc) is 3.59. The first-order valence-electron chi connectivity index (χ1n) is 11.4. The zero-order valence-electron chi connectivity index (χ0n) is 19.3. The number of hydrogen-bond acceptors (Lipinski definition) is 4. The lowest BCUT2D eigenvalue weighted by molar-refractivity contribution is -0.150. The van der Waals surface area contributed by atoms with Crippen molar-refractivity contribution >= 4 is 21.5 Å². The van der Waals surface area contributed by atoms with E-state index < -0.39 is 69.6 Å². The van der Waals surface area contributed by atoms with Crippen molar-refractivity contribution in [2.75, 3.05) is 6.54 Å². The monoisotopic (exact) mass is 516 g/mol. The molecule has 0 bridgehead atoms. The summed E-state index contributed by atoms with van der Waals surface area (Å²) >= 11 is 0. The van der Waals surface area contributed by atoms with E-state index in [0.717, 1.165) is 19.9 Å². The van der Waals surface area contributed by atoms with Gasteiger partial charge in [0.15, 0.2) is 11.8 Å². The van der Waals surface area contributed by atoms with Gasteiger partial charge in [-0.3, -0.25) is 4.79 Å². The van der Waals surface area contributed by atoms with E-state index in [9.17, 15) is 18.3 Å². The van der Waals surface area contributed by atoms with Gasteiger partial charge in [-0.15, -0.1) is 0 Å². The molecule has 2 fully saturated rings. The lowest BCUT2D eigenvalue weighted by Crippen LogP contribution is -2.56. The Balaban J connectivity index is 1.70. The molecule has 2 aliphatic carbocycles. The molecule has 0 aromatic heterocycles. The molecule has 1 aromatic carbocycles. The number of sulfonamides is 1. The summed E-state index contributed by atoms with van der Waals surface area (Å²) in [5.41, 5.74) is -4.50. The van der Waals surface area contributed by atoms with Crippen molar-refractivity contribution in [3.05, 3.63) is 54.1 Å². The molecule has 1 amide bonds. The summed E-state index contributed by atoms with van der Waals surface area (Å²) in [5.74, 6) is -4.90. The number of benzene rings is 1. The number of nitrogens with zero attached hydrogens (tertiary/aromatic N) is 1. The Hall–Kier alpha value is -2.24. The Bertz CT molecular complexity index is 1150. The molecule has 6 nitrogen and oxygen atoms in total. The van der Waals surface area contributed by atoms with Crippen molar-refractivity contribution in [3.63, 3.8) is 0 Å². The van der Waals surface area contributed by atoms with Crippen LogP contribution < -0.4 is 4.72 Å². The third-order valence-electron chi connectivity index (χ3n) is 6.63. The lowest BCUT2D eigenvalue weighted by atomic mass is 9.80. The molecule has 1 aliphatic heterocycles. The van der Waals surface area contributed by atoms with Crippen LogP contribution in [0.1, 0.15) is 38.7 Å². The number of amides is 1. The molecule has 1 heterocycles. The smallest absolute Gasteiger partial charge is 0.283 e. The molecule has 192 valence electrons. The van der Waals surface area contributed by atoms with E-state index in [-0.39, 0.29) is 5.57 Å². The molecule has 4 atom stereocenters. The third kappa shape index (κ3) is 5.03. The van der Waals surface area contributed by atoms with Crippen molar-refractivity contribution in [2.24, 2.45) is 0 Å². The van der Waals surface area contributed by atoms with E-state index in [4.69, 9.17) is 0 Å². The summed E-state index contributed by atoms with van der Waals surface area (Å²) < 4.78 is 89.2. The molecule has 2 N–H and O–H groups in total. The summed E-state index contributed by atoms with van der Waals surface area (Å²) in [7, 11) is -4.16. The fourth-order valence-corrected chi connectivity index (χ4v) is 6.26. The number of allylic oxidation sites excluding steroid dienone is 4. The zero-order valence-corrected chi connectivity index (χ0v) is 20.1. The van der Waals surface area contributed by atoms with Crippen molar-refractivity contribution in [1.29, 1.82) is 0 Å². The van der Waals surface area contributed by atoms with E-state index in [1.807, 2.05) is 4.72 Å². The van der Waals surface area contributed by atoms with Crippen molar-refractivity contribution in [2.45, 2.75) is 73.8 Å². The predicted molar refractivity (Wildman–Crippen MR) is 123 cm³/mol. The molecular formula is C24H28F4N2O4S. The van der Waals surface area contributed by atoms with Crippen LogP contribution in [0.2, 0.25) is 0 Å². The second-order valence-electron chi connectivity index (χ2n) is 10.0. The SMILES string of the molecule is CC(C)(O)C(=O)N1CC(F)(F)[C@H](NS(=O)(=O)C2CC2)[C@@H]1CC1(F)C=CC=C(c2ccccc2)C1F. The van der Waals surface area contributed by atoms with E-state index in [2.05, 4.69) is 0 Å². The van der Waals surface area contributed by atoms with Gasteiger partial charge >= 0.3 is 0 Å². The minimum Gasteiger partial charge on any atom is -0.381 e. The molecule has 1 saturated heterocycles. The highest BCUT2D eigenvalue weighted by atomic mass is 32.2. The first kappa shape index (κ1) is 25.8. The van der Waals surface area contributed by atoms with Gasteiger partial charge in [0.1, 0.15) is 11.6 Å². The summed E-state index contributed by atoms with van der Waals surface area (Å²) in [6.45, 7) is 0.939. The fraction of sp³-hybridized carbons (Fsp3) is 0.542. The van der Waals surface area contributed by atoms with E-state index >= 15 is 17.6 Å². The van der Waals surface area contributed by atoms with Gasteiger partial charge in [0.25, 0.3) is 11.8 Å². The number of nitrogens with one attached hydrogen (secondary N) is 1. The standard InChI is InChI=1S/C24H28F4N2O4S/c1-22(2,32)21(31)30-14-24(27,28)20(29-35(33,34)16-10-11-16)18(30)13-23(26)12-6-9-17(19(23)25)15-7-4-3-5-8-15/h3-9,12,16,18-20,29,32H,10-11,13-14H2,1-2H3/t18-,19?,20+,23?/m0/s1. The maximum atomic E-state index is 16.2. The Morgan fingerprint density at radius 2 is 1.83 bits per heavy atom. The molecule has 2 unspecified atom stereocenters. The molecular weight excluding hydrogens is 488 g/mol. The molecule has 11 heteroatoms. The van der Waals surface area contributed by atoms with E-state index in [1.54, 1.807) is 30.3 Å². The summed E-state index contributed by atoms with van der Waals surface area (Å²) in [4.78, 5) is 13.4. The third-order valence-corrected chi connectivity index (χ3v) is 8.56. The van der Waals surface area contributed by atoms with Crippen molar-refractivity contribution in [3.8, 4) is 0 Å². The molecule has 0 spiro atoms. The van der Waals surface area contributed by atoms with Crippen LogP contribution in [0.3, 0.4) is 0 Å². The quantitative estimate of drug-likeness (QED) is 0.546. The summed E-state index contributed by atoms with van der Waals surface area (Å²) in [5, 5.41) is 9.36. The largest absolute Gasteiger partial charge is 0.381 e. The molecule has 1 saturated carbocycles. The number of halogens is 4. The normalized spacial score (nSPS) is 30.9. The molecule has 4 rings (SSSR count). The molecule has 3 aliphatic rings. The number of carbonyl (C=O) groups excluding carboxylic acids is 1. The number of rotatable bonds is 7. The maximum Gasteiger partial charge on any atom is 0.283 e. The average molecular weight is 517 g/mol. The second-order valence-corrected chi connectivity index (χ2v) is 12.0. The lowest BCUT2D eigenvalue weighted by Gasteiger charge is -2.38. The number of carbonyl (C=O) groups is 1. The second kappa shape index (κ2) is 8.70. The van der Waals surface area contributed by atoms with Gasteiger partial charge < -0.3 is 10.0 Å². The first-order valence-corrected chi connectivity index (χ1v) is 12.9.